The monoisotopic (exact) mass is 115 g/mol. The van der Waals surface area contributed by atoms with Gasteiger partial charge < -0.3 is 0 Å². The summed E-state index contributed by atoms with van der Waals surface area (Å²) in [4.78, 5) is 0. The van der Waals surface area contributed by atoms with Crippen molar-refractivity contribution < 1.29 is 0 Å². The average molecular weight is 115 g/mol. The topological polar surface area (TPSA) is 27.3 Å². The van der Waals surface area contributed by atoms with Crippen molar-refractivity contribution in [2.75, 3.05) is 13.3 Å². The van der Waals surface area contributed by atoms with Gasteiger partial charge in [-0.1, -0.05) is 0 Å². The minimum Gasteiger partial charge on any atom is -0.290 e. The first-order valence-electron chi connectivity index (χ1n) is 3.01. The molecule has 0 bridgehead atoms. The SMILES string of the molecule is CC(C)N1CNCN1. The fraction of sp³-hybridized carbons (Fsp3) is 1.00. The van der Waals surface area contributed by atoms with E-state index >= 15 is 0 Å². The van der Waals surface area contributed by atoms with Crippen LogP contribution in [0, 0.1) is 0 Å². The maximum Gasteiger partial charge on any atom is 0.0634 e. The van der Waals surface area contributed by atoms with E-state index in [0.29, 0.717) is 6.04 Å². The molecule has 2 N–H and O–H groups in total. The van der Waals surface area contributed by atoms with Crippen LogP contribution in [0.1, 0.15) is 13.8 Å². The van der Waals surface area contributed by atoms with Crippen LogP contribution in [0.25, 0.3) is 0 Å². The van der Waals surface area contributed by atoms with Crippen molar-refractivity contribution in [1.29, 1.82) is 0 Å². The van der Waals surface area contributed by atoms with Crippen LogP contribution in [-0.2, 0) is 0 Å². The Morgan fingerprint density at radius 2 is 2.25 bits per heavy atom. The van der Waals surface area contributed by atoms with E-state index in [1.807, 2.05) is 0 Å². The van der Waals surface area contributed by atoms with Crippen molar-refractivity contribution in [2.45, 2.75) is 19.9 Å². The van der Waals surface area contributed by atoms with E-state index in [9.17, 15) is 0 Å². The molecule has 48 valence electrons. The number of hydrogen-bond acceptors (Lipinski definition) is 3. The van der Waals surface area contributed by atoms with Crippen molar-refractivity contribution in [3.05, 3.63) is 0 Å². The third-order valence-corrected chi connectivity index (χ3v) is 1.31. The first-order chi connectivity index (χ1) is 3.80. The van der Waals surface area contributed by atoms with Gasteiger partial charge in [-0.3, -0.25) is 5.32 Å². The molecule has 1 rings (SSSR count). The minimum atomic E-state index is 0.602. The van der Waals surface area contributed by atoms with E-state index < -0.39 is 0 Å². The Hall–Kier alpha value is -0.120. The van der Waals surface area contributed by atoms with E-state index in [2.05, 4.69) is 29.6 Å². The molecule has 0 unspecified atom stereocenters. The predicted molar refractivity (Wildman–Crippen MR) is 33.0 cm³/mol. The van der Waals surface area contributed by atoms with Crippen molar-refractivity contribution in [3.8, 4) is 0 Å². The lowest BCUT2D eigenvalue weighted by atomic mass is 10.4. The Kier molecular flexibility index (Phi) is 1.83. The van der Waals surface area contributed by atoms with Gasteiger partial charge in [0.25, 0.3) is 0 Å². The number of nitrogens with one attached hydrogen (secondary N) is 2. The summed E-state index contributed by atoms with van der Waals surface area (Å²) in [5.41, 5.74) is 3.18. The molecule has 0 spiro atoms. The van der Waals surface area contributed by atoms with E-state index in [1.54, 1.807) is 0 Å². The van der Waals surface area contributed by atoms with Crippen LogP contribution >= 0.6 is 0 Å². The van der Waals surface area contributed by atoms with Crippen LogP contribution in [-0.4, -0.2) is 24.4 Å². The zero-order chi connectivity index (χ0) is 5.98. The largest absolute Gasteiger partial charge is 0.290 e. The third kappa shape index (κ3) is 1.18. The maximum atomic E-state index is 3.18. The summed E-state index contributed by atoms with van der Waals surface area (Å²) in [7, 11) is 0. The fourth-order valence-electron chi connectivity index (χ4n) is 0.755. The highest BCUT2D eigenvalue weighted by Gasteiger charge is 2.11. The molecule has 0 aliphatic carbocycles. The van der Waals surface area contributed by atoms with Crippen LogP contribution < -0.4 is 10.7 Å². The molecule has 1 aliphatic rings. The Labute approximate surface area is 50.0 Å². The van der Waals surface area contributed by atoms with Crippen LogP contribution in [0.5, 0.6) is 0 Å². The van der Waals surface area contributed by atoms with Crippen molar-refractivity contribution in [2.24, 2.45) is 0 Å². The van der Waals surface area contributed by atoms with Gasteiger partial charge >= 0.3 is 0 Å². The molecule has 1 aliphatic heterocycles. The lowest BCUT2D eigenvalue weighted by Gasteiger charge is -2.17. The predicted octanol–water partition coefficient (Wildman–Crippen LogP) is -0.280. The standard InChI is InChI=1S/C5H13N3/c1-5(2)8-4-6-3-7-8/h5-7H,3-4H2,1-2H3. The number of nitrogens with zero attached hydrogens (tertiary/aromatic N) is 1. The summed E-state index contributed by atoms with van der Waals surface area (Å²) in [5, 5.41) is 5.34. The molecular formula is C5H13N3. The lowest BCUT2D eigenvalue weighted by Crippen LogP contribution is -2.36. The second-order valence-electron chi connectivity index (χ2n) is 2.31. The molecule has 0 amide bonds. The summed E-state index contributed by atoms with van der Waals surface area (Å²) in [6, 6.07) is 0.602. The third-order valence-electron chi connectivity index (χ3n) is 1.31. The van der Waals surface area contributed by atoms with Gasteiger partial charge in [0.05, 0.1) is 13.3 Å². The van der Waals surface area contributed by atoms with Crippen molar-refractivity contribution in [3.63, 3.8) is 0 Å². The molecule has 0 saturated carbocycles. The molecule has 0 radical (unpaired) electrons. The van der Waals surface area contributed by atoms with E-state index in [4.69, 9.17) is 0 Å². The molecule has 3 nitrogen and oxygen atoms in total. The zero-order valence-corrected chi connectivity index (χ0v) is 5.44. The molecule has 0 aromatic rings. The van der Waals surface area contributed by atoms with E-state index in [0.717, 1.165) is 13.3 Å². The fourth-order valence-corrected chi connectivity index (χ4v) is 0.755. The van der Waals surface area contributed by atoms with Gasteiger partial charge in [0, 0.05) is 6.04 Å². The van der Waals surface area contributed by atoms with Crippen LogP contribution in [0.15, 0.2) is 0 Å². The van der Waals surface area contributed by atoms with Gasteiger partial charge in [0.15, 0.2) is 0 Å². The van der Waals surface area contributed by atoms with Crippen molar-refractivity contribution >= 4 is 0 Å². The number of hydrazine groups is 1. The molecular weight excluding hydrogens is 102 g/mol. The number of hydrogen-bond donors (Lipinski definition) is 2. The van der Waals surface area contributed by atoms with Gasteiger partial charge in [0.2, 0.25) is 0 Å². The van der Waals surface area contributed by atoms with Gasteiger partial charge in [-0.05, 0) is 13.8 Å². The second-order valence-corrected chi connectivity index (χ2v) is 2.31. The molecule has 1 heterocycles. The van der Waals surface area contributed by atoms with Gasteiger partial charge in [-0.15, -0.1) is 0 Å². The Bertz CT molecular complexity index is 66.1. The Morgan fingerprint density at radius 3 is 2.50 bits per heavy atom. The van der Waals surface area contributed by atoms with Gasteiger partial charge in [-0.2, -0.15) is 0 Å². The first-order valence-corrected chi connectivity index (χ1v) is 3.01. The van der Waals surface area contributed by atoms with Crippen molar-refractivity contribution in [1.82, 2.24) is 15.8 Å². The highest BCUT2D eigenvalue weighted by atomic mass is 15.6. The molecule has 3 heteroatoms. The Balaban J connectivity index is 2.24. The minimum absolute atomic E-state index is 0.602. The van der Waals surface area contributed by atoms with E-state index in [1.165, 1.54) is 0 Å². The summed E-state index contributed by atoms with van der Waals surface area (Å²) in [5.74, 6) is 0. The van der Waals surface area contributed by atoms with Crippen LogP contribution in [0.3, 0.4) is 0 Å². The summed E-state index contributed by atoms with van der Waals surface area (Å²) in [6.07, 6.45) is 0. The summed E-state index contributed by atoms with van der Waals surface area (Å²) in [6.45, 7) is 6.22. The molecule has 1 saturated heterocycles. The average Bonchev–Trinajstić information content (AvgIpc) is 2.12. The van der Waals surface area contributed by atoms with Gasteiger partial charge in [0.1, 0.15) is 0 Å². The molecule has 8 heavy (non-hydrogen) atoms. The maximum absolute atomic E-state index is 3.18. The molecule has 0 aromatic carbocycles. The van der Waals surface area contributed by atoms with E-state index in [-0.39, 0.29) is 0 Å². The lowest BCUT2D eigenvalue weighted by molar-refractivity contribution is 0.198. The highest BCUT2D eigenvalue weighted by molar-refractivity contribution is 4.60. The normalized spacial score (nSPS) is 22.9. The molecule has 1 fully saturated rings. The second kappa shape index (κ2) is 2.44. The summed E-state index contributed by atoms with van der Waals surface area (Å²) < 4.78 is 0. The Morgan fingerprint density at radius 1 is 1.50 bits per heavy atom. The summed E-state index contributed by atoms with van der Waals surface area (Å²) >= 11 is 0. The highest BCUT2D eigenvalue weighted by Crippen LogP contribution is 1.92. The zero-order valence-electron chi connectivity index (χ0n) is 5.44. The van der Waals surface area contributed by atoms with Crippen LogP contribution in [0.4, 0.5) is 0 Å². The molecule has 0 atom stereocenters. The quantitative estimate of drug-likeness (QED) is 0.492. The first kappa shape index (κ1) is 6.01. The smallest absolute Gasteiger partial charge is 0.0634 e. The van der Waals surface area contributed by atoms with Crippen LogP contribution in [0.2, 0.25) is 0 Å². The number of rotatable bonds is 1. The molecule has 0 aromatic heterocycles. The van der Waals surface area contributed by atoms with Gasteiger partial charge in [-0.25, -0.2) is 10.4 Å².